The molecule has 4 heterocycles. The van der Waals surface area contributed by atoms with Crippen LogP contribution in [0.2, 0.25) is 0 Å². The van der Waals surface area contributed by atoms with E-state index in [-0.39, 0.29) is 23.7 Å². The number of methoxy groups -OCH3 is 1. The smallest absolute Gasteiger partial charge is 0.416 e. The Hall–Kier alpha value is -4.39. The molecule has 1 aromatic heterocycles. The van der Waals surface area contributed by atoms with Crippen LogP contribution in [-0.2, 0) is 12.4 Å². The van der Waals surface area contributed by atoms with Crippen molar-refractivity contribution in [3.05, 3.63) is 98.5 Å². The van der Waals surface area contributed by atoms with Crippen LogP contribution in [0.15, 0.2) is 70.9 Å². The van der Waals surface area contributed by atoms with Crippen molar-refractivity contribution in [2.24, 2.45) is 11.8 Å². The molecule has 45 heavy (non-hydrogen) atoms. The number of benzene rings is 2. The van der Waals surface area contributed by atoms with E-state index in [1.165, 1.54) is 7.11 Å². The van der Waals surface area contributed by atoms with E-state index in [1.54, 1.807) is 30.5 Å². The lowest BCUT2D eigenvalue weighted by Gasteiger charge is -2.52. The van der Waals surface area contributed by atoms with Crippen LogP contribution in [0.1, 0.15) is 35.6 Å². The summed E-state index contributed by atoms with van der Waals surface area (Å²) in [5.74, 6) is 1.16. The highest BCUT2D eigenvalue weighted by molar-refractivity contribution is 5.85. The van der Waals surface area contributed by atoms with E-state index in [4.69, 9.17) is 4.74 Å². The third-order valence-electron chi connectivity index (χ3n) is 8.92. The van der Waals surface area contributed by atoms with Gasteiger partial charge in [-0.15, -0.1) is 6.58 Å². The quantitative estimate of drug-likeness (QED) is 0.128. The fraction of sp³-hybridized carbons (Fsp3) is 0.344. The predicted octanol–water partition coefficient (Wildman–Crippen LogP) is 6.67. The van der Waals surface area contributed by atoms with Gasteiger partial charge in [0.2, 0.25) is 0 Å². The Kier molecular flexibility index (Phi) is 7.62. The first-order valence-corrected chi connectivity index (χ1v) is 14.2. The van der Waals surface area contributed by atoms with Crippen LogP contribution in [0.4, 0.5) is 43.4 Å². The molecule has 2 N–H and O–H groups in total. The minimum absolute atomic E-state index is 0.00556. The summed E-state index contributed by atoms with van der Waals surface area (Å²) in [5, 5.41) is 6.30. The summed E-state index contributed by atoms with van der Waals surface area (Å²) in [7, 11) is 1.52. The van der Waals surface area contributed by atoms with Crippen LogP contribution in [-0.4, -0.2) is 36.1 Å². The summed E-state index contributed by atoms with van der Waals surface area (Å²) in [6, 6.07) is 7.29. The van der Waals surface area contributed by atoms with Crippen molar-refractivity contribution in [2.45, 2.75) is 37.3 Å². The Morgan fingerprint density at radius 1 is 1.00 bits per heavy atom. The normalized spacial score (nSPS) is 22.4. The van der Waals surface area contributed by atoms with Gasteiger partial charge in [-0.05, 0) is 79.3 Å². The van der Waals surface area contributed by atoms with Gasteiger partial charge in [-0.25, -0.2) is 0 Å². The molecule has 7 nitrogen and oxygen atoms in total. The second-order valence-electron chi connectivity index (χ2n) is 11.5. The maximum Gasteiger partial charge on any atom is 0.416 e. The van der Waals surface area contributed by atoms with Crippen molar-refractivity contribution in [3.8, 4) is 5.75 Å². The Morgan fingerprint density at radius 2 is 1.69 bits per heavy atom. The first-order valence-electron chi connectivity index (χ1n) is 14.2. The van der Waals surface area contributed by atoms with Crippen molar-refractivity contribution in [1.29, 1.82) is 0 Å². The number of nitrogens with zero attached hydrogens (tertiary/aromatic N) is 2. The molecule has 3 aliphatic heterocycles. The van der Waals surface area contributed by atoms with Gasteiger partial charge in [0, 0.05) is 29.9 Å². The average molecular weight is 631 g/mol. The van der Waals surface area contributed by atoms with Gasteiger partial charge in [0.1, 0.15) is 17.1 Å². The zero-order valence-corrected chi connectivity index (χ0v) is 23.9. The molecule has 3 unspecified atom stereocenters. The number of fused-ring (bicyclic) bond motifs is 4. The lowest BCUT2D eigenvalue weighted by atomic mass is 9.73. The molecule has 3 aromatic carbocycles. The molecule has 0 amide bonds. The van der Waals surface area contributed by atoms with E-state index in [9.17, 15) is 35.9 Å². The maximum absolute atomic E-state index is 13.5. The van der Waals surface area contributed by atoms with Crippen LogP contribution in [0.5, 0.6) is 5.75 Å². The van der Waals surface area contributed by atoms with E-state index in [0.29, 0.717) is 29.3 Å². The van der Waals surface area contributed by atoms with E-state index in [2.05, 4.69) is 27.1 Å². The molecule has 2 bridgehead atoms. The van der Waals surface area contributed by atoms with E-state index in [1.807, 2.05) is 6.08 Å². The minimum atomic E-state index is -5.08. The number of rotatable bonds is 8. The van der Waals surface area contributed by atoms with Gasteiger partial charge in [0.05, 0.1) is 29.8 Å². The number of ether oxygens (including phenoxy) is 1. The van der Waals surface area contributed by atoms with Crippen molar-refractivity contribution < 1.29 is 31.1 Å². The van der Waals surface area contributed by atoms with Gasteiger partial charge < -0.3 is 15.4 Å². The molecule has 0 aliphatic carbocycles. The average Bonchev–Trinajstić information content (AvgIpc) is 3.03. The Bertz CT molecular complexity index is 1810. The molecule has 13 heteroatoms. The van der Waals surface area contributed by atoms with Crippen LogP contribution in [0.25, 0.3) is 10.9 Å². The van der Waals surface area contributed by atoms with Crippen molar-refractivity contribution in [3.63, 3.8) is 0 Å². The molecule has 3 saturated heterocycles. The zero-order valence-electron chi connectivity index (χ0n) is 23.9. The Labute approximate surface area is 253 Å². The summed E-state index contributed by atoms with van der Waals surface area (Å²) in [4.78, 5) is 32.4. The highest BCUT2D eigenvalue weighted by Gasteiger charge is 2.44. The topological polar surface area (TPSA) is 83.6 Å². The number of piperidine rings is 3. The van der Waals surface area contributed by atoms with Gasteiger partial charge in [-0.3, -0.25) is 19.5 Å². The fourth-order valence-electron chi connectivity index (χ4n) is 6.63. The summed E-state index contributed by atoms with van der Waals surface area (Å²) in [5.41, 5.74) is -4.95. The van der Waals surface area contributed by atoms with Gasteiger partial charge in [0.15, 0.2) is 0 Å². The summed E-state index contributed by atoms with van der Waals surface area (Å²) in [6.07, 6.45) is -4.94. The second kappa shape index (κ2) is 11.2. The molecule has 236 valence electrons. The summed E-state index contributed by atoms with van der Waals surface area (Å²) < 4.78 is 86.4. The van der Waals surface area contributed by atoms with Crippen LogP contribution >= 0.6 is 0 Å². The zero-order chi connectivity index (χ0) is 32.3. The van der Waals surface area contributed by atoms with E-state index < -0.39 is 51.8 Å². The number of nitrogens with one attached hydrogen (secondary N) is 2. The molecule has 5 atom stereocenters. The van der Waals surface area contributed by atoms with Crippen molar-refractivity contribution in [2.75, 3.05) is 30.8 Å². The summed E-state index contributed by atoms with van der Waals surface area (Å²) in [6.45, 7) is 5.48. The number of anilines is 3. The van der Waals surface area contributed by atoms with Gasteiger partial charge in [-0.2, -0.15) is 26.3 Å². The highest BCUT2D eigenvalue weighted by Crippen LogP contribution is 2.44. The number of halogens is 6. The predicted molar refractivity (Wildman–Crippen MR) is 158 cm³/mol. The highest BCUT2D eigenvalue weighted by atomic mass is 19.4. The SMILES string of the molecule is C=CC1CN2CCC1C[C@H]2[C@@H](Nc1c(Nc2cc(C(F)(F)F)cc(C(F)(F)F)c2)c(=O)c1=O)c1ccnc2ccc(OC)cc12. The van der Waals surface area contributed by atoms with Crippen LogP contribution in [0, 0.1) is 11.8 Å². The largest absolute Gasteiger partial charge is 0.497 e. The Balaban J connectivity index is 1.43. The molecule has 4 aromatic rings. The van der Waals surface area contributed by atoms with Crippen LogP contribution < -0.4 is 26.2 Å². The molecule has 0 radical (unpaired) electrons. The van der Waals surface area contributed by atoms with E-state index >= 15 is 0 Å². The molecule has 0 saturated carbocycles. The Morgan fingerprint density at radius 3 is 2.29 bits per heavy atom. The third kappa shape index (κ3) is 5.65. The number of pyridine rings is 1. The van der Waals surface area contributed by atoms with Crippen LogP contribution in [0.3, 0.4) is 0 Å². The van der Waals surface area contributed by atoms with Crippen molar-refractivity contribution >= 4 is 28.0 Å². The number of hydrogen-bond donors (Lipinski definition) is 2. The number of hydrogen-bond acceptors (Lipinski definition) is 7. The standard InChI is InChI=1S/C32H28F6N4O3/c1-3-16-15-42-9-7-17(16)10-25(42)26(22-6-8-39-24-5-4-21(45-2)14-23(22)24)41-28-27(29(43)30(28)44)40-20-12-18(31(33,34)35)11-19(13-20)32(36,37)38/h3-6,8,11-14,16-17,25-26,40-41H,1,7,9-10,15H2,2H3/t16?,17?,25-,26-/m0/s1. The lowest BCUT2D eigenvalue weighted by Crippen LogP contribution is -2.56. The number of alkyl halides is 6. The molecule has 0 spiro atoms. The van der Waals surface area contributed by atoms with Gasteiger partial charge in [-0.1, -0.05) is 6.08 Å². The maximum atomic E-state index is 13.5. The van der Waals surface area contributed by atoms with Gasteiger partial charge >= 0.3 is 12.4 Å². The minimum Gasteiger partial charge on any atom is -0.497 e. The fourth-order valence-corrected chi connectivity index (χ4v) is 6.63. The lowest BCUT2D eigenvalue weighted by molar-refractivity contribution is -0.143. The first-order chi connectivity index (χ1) is 21.3. The molecular formula is C32H28F6N4O3. The number of aromatic nitrogens is 1. The third-order valence-corrected chi connectivity index (χ3v) is 8.92. The monoisotopic (exact) mass is 630 g/mol. The molecule has 3 fully saturated rings. The van der Waals surface area contributed by atoms with Gasteiger partial charge in [0.25, 0.3) is 10.9 Å². The molecular weight excluding hydrogens is 602 g/mol. The molecule has 3 aliphatic rings. The second-order valence-corrected chi connectivity index (χ2v) is 11.5. The molecule has 7 rings (SSSR count). The summed E-state index contributed by atoms with van der Waals surface area (Å²) >= 11 is 0. The van der Waals surface area contributed by atoms with Crippen molar-refractivity contribution in [1.82, 2.24) is 9.88 Å². The first kappa shape index (κ1) is 30.6. The van der Waals surface area contributed by atoms with E-state index in [0.717, 1.165) is 36.9 Å².